The Labute approximate surface area is 146 Å². The zero-order chi connectivity index (χ0) is 17.1. The van der Waals surface area contributed by atoms with Crippen molar-refractivity contribution in [1.82, 2.24) is 29.8 Å². The molecule has 4 rings (SSSR count). The van der Waals surface area contributed by atoms with Gasteiger partial charge < -0.3 is 9.64 Å². The lowest BCUT2D eigenvalue weighted by atomic mass is 10.2. The molecule has 0 N–H and O–H groups in total. The van der Waals surface area contributed by atoms with Gasteiger partial charge in [-0.05, 0) is 18.6 Å². The molecule has 0 radical (unpaired) electrons. The van der Waals surface area contributed by atoms with Crippen molar-refractivity contribution in [2.45, 2.75) is 26.1 Å². The number of aromatic nitrogens is 4. The van der Waals surface area contributed by atoms with Crippen molar-refractivity contribution in [1.29, 1.82) is 0 Å². The lowest BCUT2D eigenvalue weighted by Gasteiger charge is -2.26. The Bertz CT molecular complexity index is 726. The van der Waals surface area contributed by atoms with Crippen LogP contribution >= 0.6 is 0 Å². The van der Waals surface area contributed by atoms with Crippen LogP contribution in [0, 0.1) is 0 Å². The largest absolute Gasteiger partial charge is 0.379 e. The van der Waals surface area contributed by atoms with E-state index in [4.69, 9.17) is 4.74 Å². The molecule has 8 nitrogen and oxygen atoms in total. The van der Waals surface area contributed by atoms with Gasteiger partial charge in [0.05, 0.1) is 31.0 Å². The van der Waals surface area contributed by atoms with Crippen molar-refractivity contribution in [3.05, 3.63) is 41.5 Å². The van der Waals surface area contributed by atoms with E-state index >= 15 is 0 Å². The second-order valence-corrected chi connectivity index (χ2v) is 6.42. The molecule has 0 atom stereocenters. The molecule has 1 amide bonds. The quantitative estimate of drug-likeness (QED) is 0.811. The number of carbonyl (C=O) groups excluding carboxylic acids is 1. The smallest absolute Gasteiger partial charge is 0.255 e. The van der Waals surface area contributed by atoms with Crippen LogP contribution in [-0.2, 0) is 24.4 Å². The predicted octanol–water partition coefficient (Wildman–Crippen LogP) is 0.551. The van der Waals surface area contributed by atoms with Crippen LogP contribution in [0.25, 0.3) is 0 Å². The number of ether oxygens (including phenoxy) is 1. The van der Waals surface area contributed by atoms with E-state index in [-0.39, 0.29) is 5.91 Å². The third-order valence-corrected chi connectivity index (χ3v) is 4.73. The van der Waals surface area contributed by atoms with E-state index in [0.717, 1.165) is 57.2 Å². The summed E-state index contributed by atoms with van der Waals surface area (Å²) in [5.41, 5.74) is 2.63. The summed E-state index contributed by atoms with van der Waals surface area (Å²) < 4.78 is 7.36. The molecule has 4 heterocycles. The molecule has 25 heavy (non-hydrogen) atoms. The van der Waals surface area contributed by atoms with Crippen LogP contribution in [0.2, 0.25) is 0 Å². The standard InChI is InChI=1S/C17H22N6O2/c24-17(14-3-1-4-18-11-14)22-5-2-6-23-16(13-22)15(19-20-23)12-21-7-9-25-10-8-21/h1,3-4,11H,2,5-10,12-13H2. The van der Waals surface area contributed by atoms with Crippen molar-refractivity contribution in [2.24, 2.45) is 0 Å². The molecular formula is C17H22N6O2. The van der Waals surface area contributed by atoms with Crippen LogP contribution in [0.1, 0.15) is 28.2 Å². The average molecular weight is 342 g/mol. The van der Waals surface area contributed by atoms with Crippen LogP contribution < -0.4 is 0 Å². The van der Waals surface area contributed by atoms with Crippen LogP contribution in [-0.4, -0.2) is 68.5 Å². The van der Waals surface area contributed by atoms with E-state index in [1.807, 2.05) is 15.6 Å². The van der Waals surface area contributed by atoms with Crippen LogP contribution in [0.15, 0.2) is 24.5 Å². The van der Waals surface area contributed by atoms with Gasteiger partial charge in [-0.15, -0.1) is 5.10 Å². The molecule has 2 aromatic heterocycles. The molecule has 2 aliphatic rings. The van der Waals surface area contributed by atoms with Crippen LogP contribution in [0.3, 0.4) is 0 Å². The summed E-state index contributed by atoms with van der Waals surface area (Å²) in [5.74, 6) is 0.0140. The molecular weight excluding hydrogens is 320 g/mol. The Hall–Kier alpha value is -2.32. The lowest BCUT2D eigenvalue weighted by molar-refractivity contribution is 0.0334. The molecule has 8 heteroatoms. The van der Waals surface area contributed by atoms with Gasteiger partial charge in [-0.2, -0.15) is 0 Å². The van der Waals surface area contributed by atoms with E-state index in [2.05, 4.69) is 20.2 Å². The minimum atomic E-state index is 0.0140. The highest BCUT2D eigenvalue weighted by atomic mass is 16.5. The number of amides is 1. The molecule has 1 fully saturated rings. The van der Waals surface area contributed by atoms with Crippen molar-refractivity contribution >= 4 is 5.91 Å². The maximum absolute atomic E-state index is 12.8. The van der Waals surface area contributed by atoms with E-state index < -0.39 is 0 Å². The Balaban J connectivity index is 1.53. The summed E-state index contributed by atoms with van der Waals surface area (Å²) in [4.78, 5) is 21.1. The molecule has 2 aromatic rings. The van der Waals surface area contributed by atoms with Gasteiger partial charge in [0.2, 0.25) is 0 Å². The number of morpholine rings is 1. The number of aryl methyl sites for hydroxylation is 1. The van der Waals surface area contributed by atoms with Crippen molar-refractivity contribution in [2.75, 3.05) is 32.8 Å². The summed E-state index contributed by atoms with van der Waals surface area (Å²) in [6, 6.07) is 3.60. The molecule has 132 valence electrons. The first-order valence-electron chi connectivity index (χ1n) is 8.72. The van der Waals surface area contributed by atoms with E-state index in [0.29, 0.717) is 18.7 Å². The maximum atomic E-state index is 12.8. The number of hydrogen-bond acceptors (Lipinski definition) is 6. The minimum absolute atomic E-state index is 0.0140. The van der Waals surface area contributed by atoms with Crippen LogP contribution in [0.4, 0.5) is 0 Å². The van der Waals surface area contributed by atoms with Crippen molar-refractivity contribution in [3.63, 3.8) is 0 Å². The van der Waals surface area contributed by atoms with Crippen molar-refractivity contribution < 1.29 is 9.53 Å². The molecule has 0 aliphatic carbocycles. The fourth-order valence-corrected chi connectivity index (χ4v) is 3.33. The molecule has 0 unspecified atom stereocenters. The number of carbonyl (C=O) groups is 1. The molecule has 1 saturated heterocycles. The Morgan fingerprint density at radius 1 is 1.20 bits per heavy atom. The van der Waals surface area contributed by atoms with Gasteiger partial charge >= 0.3 is 0 Å². The summed E-state index contributed by atoms with van der Waals surface area (Å²) in [6.07, 6.45) is 4.18. The van der Waals surface area contributed by atoms with E-state index in [1.165, 1.54) is 0 Å². The highest BCUT2D eigenvalue weighted by Gasteiger charge is 2.25. The second-order valence-electron chi connectivity index (χ2n) is 6.42. The summed E-state index contributed by atoms with van der Waals surface area (Å²) in [5, 5.41) is 8.69. The minimum Gasteiger partial charge on any atom is -0.379 e. The van der Waals surface area contributed by atoms with Gasteiger partial charge in [-0.3, -0.25) is 14.7 Å². The third kappa shape index (κ3) is 3.54. The Kier molecular flexibility index (Phi) is 4.71. The van der Waals surface area contributed by atoms with Crippen molar-refractivity contribution in [3.8, 4) is 0 Å². The van der Waals surface area contributed by atoms with E-state index in [9.17, 15) is 4.79 Å². The first kappa shape index (κ1) is 16.2. The van der Waals surface area contributed by atoms with Crippen LogP contribution in [0.5, 0.6) is 0 Å². The number of pyridine rings is 1. The number of rotatable bonds is 3. The van der Waals surface area contributed by atoms with Gasteiger partial charge in [0, 0.05) is 45.1 Å². The normalized spacial score (nSPS) is 18.6. The number of hydrogen-bond donors (Lipinski definition) is 0. The third-order valence-electron chi connectivity index (χ3n) is 4.73. The van der Waals surface area contributed by atoms with Gasteiger partial charge in [0.15, 0.2) is 0 Å². The fourth-order valence-electron chi connectivity index (χ4n) is 3.33. The molecule has 0 spiro atoms. The predicted molar refractivity (Wildman–Crippen MR) is 89.7 cm³/mol. The average Bonchev–Trinajstić information content (AvgIpc) is 2.90. The Morgan fingerprint density at radius 2 is 2.08 bits per heavy atom. The van der Waals surface area contributed by atoms with Gasteiger partial charge in [-0.1, -0.05) is 5.21 Å². The second kappa shape index (κ2) is 7.28. The lowest BCUT2D eigenvalue weighted by Crippen LogP contribution is -2.36. The summed E-state index contributed by atoms with van der Waals surface area (Å²) in [7, 11) is 0. The summed E-state index contributed by atoms with van der Waals surface area (Å²) >= 11 is 0. The first-order chi connectivity index (χ1) is 12.3. The van der Waals surface area contributed by atoms with E-state index in [1.54, 1.807) is 18.5 Å². The highest BCUT2D eigenvalue weighted by molar-refractivity contribution is 5.93. The number of fused-ring (bicyclic) bond motifs is 1. The summed E-state index contributed by atoms with van der Waals surface area (Å²) in [6.45, 7) is 6.14. The highest BCUT2D eigenvalue weighted by Crippen LogP contribution is 2.18. The van der Waals surface area contributed by atoms with Gasteiger partial charge in [-0.25, -0.2) is 4.68 Å². The zero-order valence-electron chi connectivity index (χ0n) is 14.2. The first-order valence-corrected chi connectivity index (χ1v) is 8.72. The monoisotopic (exact) mass is 342 g/mol. The zero-order valence-corrected chi connectivity index (χ0v) is 14.2. The topological polar surface area (TPSA) is 76.4 Å². The molecule has 0 saturated carbocycles. The molecule has 2 aliphatic heterocycles. The molecule has 0 bridgehead atoms. The SMILES string of the molecule is O=C(c1cccnc1)N1CCCn2nnc(CN3CCOCC3)c2C1. The van der Waals surface area contributed by atoms with Gasteiger partial charge in [0.1, 0.15) is 5.69 Å². The number of nitrogens with zero attached hydrogens (tertiary/aromatic N) is 6. The fraction of sp³-hybridized carbons (Fsp3) is 0.529. The van der Waals surface area contributed by atoms with Gasteiger partial charge in [0.25, 0.3) is 5.91 Å². The Morgan fingerprint density at radius 3 is 2.88 bits per heavy atom. The molecule has 0 aromatic carbocycles. The maximum Gasteiger partial charge on any atom is 0.255 e.